The smallest absolute Gasteiger partial charge is 0.303 e. The molecule has 0 bridgehead atoms. The van der Waals surface area contributed by atoms with E-state index >= 15 is 0 Å². The summed E-state index contributed by atoms with van der Waals surface area (Å²) in [5.74, 6) is 0.709. The van der Waals surface area contributed by atoms with Gasteiger partial charge < -0.3 is 19.8 Å². The van der Waals surface area contributed by atoms with Gasteiger partial charge in [0, 0.05) is 30.7 Å². The lowest BCUT2D eigenvalue weighted by molar-refractivity contribution is -0.137. The Kier molecular flexibility index (Phi) is 9.19. The molecule has 8 heteroatoms. The maximum Gasteiger partial charge on any atom is 0.303 e. The van der Waals surface area contributed by atoms with Crippen molar-refractivity contribution >= 4 is 16.9 Å². The van der Waals surface area contributed by atoms with Crippen molar-refractivity contribution in [2.75, 3.05) is 26.7 Å². The van der Waals surface area contributed by atoms with Gasteiger partial charge in [-0.1, -0.05) is 0 Å². The molecule has 2 unspecified atom stereocenters. The van der Waals surface area contributed by atoms with E-state index in [-0.39, 0.29) is 6.42 Å². The predicted molar refractivity (Wildman–Crippen MR) is 138 cm³/mol. The van der Waals surface area contributed by atoms with Crippen LogP contribution in [0.25, 0.3) is 10.9 Å². The minimum Gasteiger partial charge on any atom is -0.497 e. The lowest BCUT2D eigenvalue weighted by Crippen LogP contribution is -2.41. The zero-order chi connectivity index (χ0) is 25.3. The number of methoxy groups -OCH3 is 1. The van der Waals surface area contributed by atoms with Gasteiger partial charge in [0.05, 0.1) is 24.4 Å². The number of piperidine rings is 1. The standard InChI is InChI=1S/C28H36N4O4/c1-36-23-8-9-26-25(18-23)24(12-15-29-26)27(33)10-6-20-13-17-32(19-21(20)7-11-28(34)35)16-3-5-22-4-2-14-30-31-22/h2,4,8-9,12,14-15,18,20-21,27,33H,3,5-7,10-11,13,16-17,19H2,1H3,(H,34,35)/t20?,21?,27-/m0/s1. The van der Waals surface area contributed by atoms with Gasteiger partial charge in [0.25, 0.3) is 0 Å². The van der Waals surface area contributed by atoms with Crippen molar-refractivity contribution in [1.82, 2.24) is 20.1 Å². The highest BCUT2D eigenvalue weighted by Gasteiger charge is 2.30. The predicted octanol–water partition coefficient (Wildman–Crippen LogP) is 4.28. The highest BCUT2D eigenvalue weighted by atomic mass is 16.5. The number of aliphatic hydroxyl groups excluding tert-OH is 1. The fraction of sp³-hybridized carbons (Fsp3) is 0.500. The van der Waals surface area contributed by atoms with E-state index in [1.807, 2.05) is 36.4 Å². The summed E-state index contributed by atoms with van der Waals surface area (Å²) < 4.78 is 5.37. The number of ether oxygens (including phenoxy) is 1. The van der Waals surface area contributed by atoms with Gasteiger partial charge in [0.2, 0.25) is 0 Å². The number of rotatable bonds is 12. The highest BCUT2D eigenvalue weighted by Crippen LogP contribution is 2.35. The Bertz CT molecular complexity index is 1130. The fourth-order valence-corrected chi connectivity index (χ4v) is 5.42. The quantitative estimate of drug-likeness (QED) is 0.386. The zero-order valence-electron chi connectivity index (χ0n) is 20.9. The number of carbonyl (C=O) groups is 1. The first kappa shape index (κ1) is 26.0. The summed E-state index contributed by atoms with van der Waals surface area (Å²) in [5, 5.41) is 29.4. The van der Waals surface area contributed by atoms with E-state index in [0.717, 1.165) is 73.2 Å². The number of aromatic nitrogens is 3. The number of aliphatic carboxylic acids is 1. The minimum absolute atomic E-state index is 0.186. The molecule has 2 N–H and O–H groups in total. The number of nitrogens with zero attached hydrogens (tertiary/aromatic N) is 4. The number of aliphatic hydroxyl groups is 1. The van der Waals surface area contributed by atoms with Crippen LogP contribution >= 0.6 is 0 Å². The van der Waals surface area contributed by atoms with E-state index in [1.54, 1.807) is 19.5 Å². The van der Waals surface area contributed by atoms with Crippen molar-refractivity contribution in [2.24, 2.45) is 11.8 Å². The number of pyridine rings is 1. The van der Waals surface area contributed by atoms with Gasteiger partial charge in [-0.25, -0.2) is 0 Å². The van der Waals surface area contributed by atoms with Crippen molar-refractivity contribution in [3.05, 3.63) is 60.0 Å². The van der Waals surface area contributed by atoms with Gasteiger partial charge in [-0.2, -0.15) is 10.2 Å². The number of likely N-dealkylation sites (tertiary alicyclic amines) is 1. The molecular formula is C28H36N4O4. The van der Waals surface area contributed by atoms with E-state index in [0.29, 0.717) is 24.7 Å². The van der Waals surface area contributed by atoms with Gasteiger partial charge in [0.15, 0.2) is 0 Å². The van der Waals surface area contributed by atoms with Crippen LogP contribution in [-0.4, -0.2) is 63.0 Å². The first-order valence-electron chi connectivity index (χ1n) is 12.8. The van der Waals surface area contributed by atoms with Crippen molar-refractivity contribution in [3.8, 4) is 5.75 Å². The molecule has 0 aliphatic carbocycles. The van der Waals surface area contributed by atoms with Gasteiger partial charge in [-0.3, -0.25) is 9.78 Å². The summed E-state index contributed by atoms with van der Waals surface area (Å²) in [6.07, 6.45) is 8.11. The summed E-state index contributed by atoms with van der Waals surface area (Å²) in [5.41, 5.74) is 2.70. The van der Waals surface area contributed by atoms with Crippen LogP contribution in [0.4, 0.5) is 0 Å². The van der Waals surface area contributed by atoms with Crippen molar-refractivity contribution in [3.63, 3.8) is 0 Å². The second-order valence-electron chi connectivity index (χ2n) is 9.74. The first-order chi connectivity index (χ1) is 17.5. The van der Waals surface area contributed by atoms with Crippen LogP contribution in [0.1, 0.15) is 55.9 Å². The van der Waals surface area contributed by atoms with Crippen LogP contribution < -0.4 is 4.74 Å². The van der Waals surface area contributed by atoms with Crippen molar-refractivity contribution < 1.29 is 19.7 Å². The van der Waals surface area contributed by atoms with Crippen molar-refractivity contribution in [1.29, 1.82) is 0 Å². The third-order valence-corrected chi connectivity index (χ3v) is 7.39. The molecule has 3 heterocycles. The van der Waals surface area contributed by atoms with Gasteiger partial charge in [-0.05, 0) is 105 Å². The molecule has 3 aromatic rings. The Morgan fingerprint density at radius 3 is 2.86 bits per heavy atom. The molecular weight excluding hydrogens is 456 g/mol. The van der Waals surface area contributed by atoms with Crippen molar-refractivity contribution in [2.45, 2.75) is 51.0 Å². The first-order valence-corrected chi connectivity index (χ1v) is 12.8. The number of benzene rings is 1. The number of carboxylic acids is 1. The number of hydrogen-bond donors (Lipinski definition) is 2. The summed E-state index contributed by atoms with van der Waals surface area (Å²) in [6.45, 7) is 2.88. The molecule has 0 amide bonds. The molecule has 192 valence electrons. The van der Waals surface area contributed by atoms with Crippen LogP contribution in [0.15, 0.2) is 48.8 Å². The summed E-state index contributed by atoms with van der Waals surface area (Å²) >= 11 is 0. The summed E-state index contributed by atoms with van der Waals surface area (Å²) in [4.78, 5) is 18.2. The molecule has 8 nitrogen and oxygen atoms in total. The third-order valence-electron chi connectivity index (χ3n) is 7.39. The molecule has 4 rings (SSSR count). The average Bonchev–Trinajstić information content (AvgIpc) is 2.91. The van der Waals surface area contributed by atoms with Gasteiger partial charge in [-0.15, -0.1) is 0 Å². The van der Waals surface area contributed by atoms with E-state index in [2.05, 4.69) is 20.1 Å². The Hall–Kier alpha value is -3.10. The molecule has 2 aromatic heterocycles. The van der Waals surface area contributed by atoms with E-state index in [4.69, 9.17) is 4.74 Å². The SMILES string of the molecule is COc1ccc2nccc([C@@H](O)CCC3CCN(CCCc4cccnn4)CC3CCC(=O)O)c2c1. The summed E-state index contributed by atoms with van der Waals surface area (Å²) in [7, 11) is 1.63. The molecule has 3 atom stereocenters. The lowest BCUT2D eigenvalue weighted by atomic mass is 9.79. The van der Waals surface area contributed by atoms with E-state index in [9.17, 15) is 15.0 Å². The maximum absolute atomic E-state index is 11.3. The molecule has 1 fully saturated rings. The van der Waals surface area contributed by atoms with E-state index < -0.39 is 12.1 Å². The normalized spacial score (nSPS) is 19.3. The Labute approximate surface area is 212 Å². The maximum atomic E-state index is 11.3. The number of fused-ring (bicyclic) bond motifs is 1. The van der Waals surface area contributed by atoms with E-state index in [1.165, 1.54) is 0 Å². The second kappa shape index (κ2) is 12.7. The summed E-state index contributed by atoms with van der Waals surface area (Å²) in [6, 6.07) is 11.5. The van der Waals surface area contributed by atoms with Crippen LogP contribution in [0.5, 0.6) is 5.75 Å². The minimum atomic E-state index is -0.745. The molecule has 1 aromatic carbocycles. The third kappa shape index (κ3) is 6.98. The molecule has 0 radical (unpaired) electrons. The molecule has 1 saturated heterocycles. The van der Waals surface area contributed by atoms with Gasteiger partial charge in [0.1, 0.15) is 5.75 Å². The number of carboxylic acid groups (broad SMARTS) is 1. The fourth-order valence-electron chi connectivity index (χ4n) is 5.42. The molecule has 1 aliphatic heterocycles. The number of aryl methyl sites for hydroxylation is 1. The van der Waals surface area contributed by atoms with Crippen LogP contribution in [-0.2, 0) is 11.2 Å². The topological polar surface area (TPSA) is 109 Å². The van der Waals surface area contributed by atoms with Crippen LogP contribution in [0.3, 0.4) is 0 Å². The Morgan fingerprint density at radius 1 is 1.19 bits per heavy atom. The van der Waals surface area contributed by atoms with Gasteiger partial charge >= 0.3 is 5.97 Å². The molecule has 1 aliphatic rings. The molecule has 0 saturated carbocycles. The van der Waals surface area contributed by atoms with Crippen LogP contribution in [0, 0.1) is 11.8 Å². The van der Waals surface area contributed by atoms with Crippen LogP contribution in [0.2, 0.25) is 0 Å². The molecule has 36 heavy (non-hydrogen) atoms. The monoisotopic (exact) mass is 492 g/mol. The number of hydrogen-bond acceptors (Lipinski definition) is 7. The largest absolute Gasteiger partial charge is 0.497 e. The average molecular weight is 493 g/mol. The zero-order valence-corrected chi connectivity index (χ0v) is 20.9. The Balaban J connectivity index is 1.35. The molecule has 0 spiro atoms. The highest BCUT2D eigenvalue weighted by molar-refractivity contribution is 5.83. The Morgan fingerprint density at radius 2 is 2.08 bits per heavy atom. The lowest BCUT2D eigenvalue weighted by Gasteiger charge is -2.39. The second-order valence-corrected chi connectivity index (χ2v) is 9.74.